The maximum atomic E-state index is 13.2. The number of hydrogen-bond donors (Lipinski definition) is 1. The molecule has 190 valence electrons. The van der Waals surface area contributed by atoms with E-state index >= 15 is 0 Å². The summed E-state index contributed by atoms with van der Waals surface area (Å²) in [6.07, 6.45) is 0. The van der Waals surface area contributed by atoms with Crippen molar-refractivity contribution in [3.8, 4) is 11.4 Å². The van der Waals surface area contributed by atoms with Gasteiger partial charge in [-0.05, 0) is 41.5 Å². The Kier molecular flexibility index (Phi) is 8.53. The minimum atomic E-state index is -0.244. The molecule has 0 bridgehead atoms. The monoisotopic (exact) mass is 584 g/mol. The van der Waals surface area contributed by atoms with Crippen molar-refractivity contribution in [2.24, 2.45) is 0 Å². The Morgan fingerprint density at radius 2 is 1.47 bits per heavy atom. The number of halogens is 1. The number of aromatic nitrogens is 3. The minimum absolute atomic E-state index is 0.0951. The molecule has 0 saturated carbocycles. The topological polar surface area (TPSA) is 69.0 Å². The van der Waals surface area contributed by atoms with E-state index in [1.165, 1.54) is 11.8 Å². The van der Waals surface area contributed by atoms with Crippen LogP contribution in [0.5, 0.6) is 5.75 Å². The second kappa shape index (κ2) is 12.6. The molecule has 0 fully saturated rings. The number of carbonyl (C=O) groups excluding carboxylic acids is 1. The van der Waals surface area contributed by atoms with Crippen LogP contribution in [0.3, 0.4) is 0 Å². The van der Waals surface area contributed by atoms with E-state index in [0.29, 0.717) is 11.0 Å². The summed E-state index contributed by atoms with van der Waals surface area (Å²) in [5, 5.41) is 12.6. The van der Waals surface area contributed by atoms with E-state index in [0.717, 1.165) is 27.0 Å². The van der Waals surface area contributed by atoms with Gasteiger partial charge in [-0.25, -0.2) is 0 Å². The summed E-state index contributed by atoms with van der Waals surface area (Å²) >= 11 is 4.81. The standard InChI is InChI=1S/C30H25BrN4O2S/c31-24-15-10-18-26(19-24)37-20-27-33-34-30(35(27)25-16-8-3-9-17-25)38-21-28(36)32-29(22-11-4-1-5-12-22)23-13-6-2-7-14-23/h1-19,29H,20-21H2,(H,32,36). The van der Waals surface area contributed by atoms with Crippen LogP contribution in [-0.2, 0) is 11.4 Å². The number of thioether (sulfide) groups is 1. The molecule has 0 unspecified atom stereocenters. The number of para-hydroxylation sites is 1. The van der Waals surface area contributed by atoms with E-state index in [9.17, 15) is 4.79 Å². The van der Waals surface area contributed by atoms with Gasteiger partial charge in [-0.3, -0.25) is 9.36 Å². The Balaban J connectivity index is 1.33. The lowest BCUT2D eigenvalue weighted by Gasteiger charge is -2.20. The fourth-order valence-electron chi connectivity index (χ4n) is 4.01. The van der Waals surface area contributed by atoms with Crippen molar-refractivity contribution in [2.45, 2.75) is 17.8 Å². The Morgan fingerprint density at radius 1 is 0.842 bits per heavy atom. The number of hydrogen-bond acceptors (Lipinski definition) is 5. The molecule has 4 aromatic carbocycles. The van der Waals surface area contributed by atoms with Gasteiger partial charge in [-0.1, -0.05) is 113 Å². The van der Waals surface area contributed by atoms with Crippen LogP contribution in [0.25, 0.3) is 5.69 Å². The van der Waals surface area contributed by atoms with E-state index < -0.39 is 0 Å². The number of nitrogens with zero attached hydrogens (tertiary/aromatic N) is 3. The maximum absolute atomic E-state index is 13.2. The summed E-state index contributed by atoms with van der Waals surface area (Å²) in [6.45, 7) is 0.231. The predicted molar refractivity (Wildman–Crippen MR) is 153 cm³/mol. The van der Waals surface area contributed by atoms with Crippen molar-refractivity contribution in [1.29, 1.82) is 0 Å². The second-order valence-corrected chi connectivity index (χ2v) is 10.3. The van der Waals surface area contributed by atoms with Gasteiger partial charge >= 0.3 is 0 Å². The average molecular weight is 586 g/mol. The molecule has 1 aromatic heterocycles. The Hall–Kier alpha value is -3.88. The van der Waals surface area contributed by atoms with E-state index in [1.54, 1.807) is 0 Å². The molecule has 6 nitrogen and oxygen atoms in total. The molecule has 0 radical (unpaired) electrons. The summed E-state index contributed by atoms with van der Waals surface area (Å²) in [5.41, 5.74) is 2.95. The zero-order valence-corrected chi connectivity index (χ0v) is 22.8. The van der Waals surface area contributed by atoms with Crippen LogP contribution in [0, 0.1) is 0 Å². The lowest BCUT2D eigenvalue weighted by atomic mass is 9.99. The number of amides is 1. The summed E-state index contributed by atoms with van der Waals surface area (Å²) < 4.78 is 8.85. The maximum Gasteiger partial charge on any atom is 0.231 e. The molecule has 38 heavy (non-hydrogen) atoms. The Morgan fingerprint density at radius 3 is 2.11 bits per heavy atom. The lowest BCUT2D eigenvalue weighted by Crippen LogP contribution is -2.30. The highest BCUT2D eigenvalue weighted by Crippen LogP contribution is 2.26. The molecule has 0 atom stereocenters. The van der Waals surface area contributed by atoms with Crippen LogP contribution >= 0.6 is 27.7 Å². The summed E-state index contributed by atoms with van der Waals surface area (Å²) in [5.74, 6) is 1.46. The molecular weight excluding hydrogens is 560 g/mol. The van der Waals surface area contributed by atoms with Gasteiger partial charge in [0.05, 0.1) is 11.8 Å². The zero-order valence-electron chi connectivity index (χ0n) is 20.4. The molecule has 0 aliphatic rings. The third-order valence-electron chi connectivity index (χ3n) is 5.78. The molecule has 1 N–H and O–H groups in total. The molecule has 0 spiro atoms. The van der Waals surface area contributed by atoms with Crippen LogP contribution < -0.4 is 10.1 Å². The molecular formula is C30H25BrN4O2S. The van der Waals surface area contributed by atoms with Gasteiger partial charge in [0.1, 0.15) is 12.4 Å². The minimum Gasteiger partial charge on any atom is -0.486 e. The first-order valence-corrected chi connectivity index (χ1v) is 13.9. The van der Waals surface area contributed by atoms with Gasteiger partial charge in [0.2, 0.25) is 5.91 Å². The molecule has 0 aliphatic carbocycles. The molecule has 0 saturated heterocycles. The summed E-state index contributed by atoms with van der Waals surface area (Å²) in [6, 6.07) is 37.2. The molecule has 1 heterocycles. The van der Waals surface area contributed by atoms with Crippen molar-refractivity contribution in [1.82, 2.24) is 20.1 Å². The highest BCUT2D eigenvalue weighted by atomic mass is 79.9. The smallest absolute Gasteiger partial charge is 0.231 e. The van der Waals surface area contributed by atoms with Gasteiger partial charge < -0.3 is 10.1 Å². The van der Waals surface area contributed by atoms with Crippen molar-refractivity contribution < 1.29 is 9.53 Å². The number of nitrogens with one attached hydrogen (secondary N) is 1. The number of carbonyl (C=O) groups is 1. The van der Waals surface area contributed by atoms with Gasteiger partial charge in [0, 0.05) is 10.2 Å². The first-order chi connectivity index (χ1) is 18.7. The van der Waals surface area contributed by atoms with E-state index in [2.05, 4.69) is 31.4 Å². The van der Waals surface area contributed by atoms with Gasteiger partial charge in [0.25, 0.3) is 0 Å². The fourth-order valence-corrected chi connectivity index (χ4v) is 5.17. The molecule has 8 heteroatoms. The van der Waals surface area contributed by atoms with Crippen molar-refractivity contribution >= 4 is 33.6 Å². The highest BCUT2D eigenvalue weighted by Gasteiger charge is 2.20. The summed E-state index contributed by atoms with van der Waals surface area (Å²) in [4.78, 5) is 13.2. The quantitative estimate of drug-likeness (QED) is 0.187. The number of ether oxygens (including phenoxy) is 1. The normalized spacial score (nSPS) is 10.9. The van der Waals surface area contributed by atoms with E-state index in [4.69, 9.17) is 4.74 Å². The highest BCUT2D eigenvalue weighted by molar-refractivity contribution is 9.10. The van der Waals surface area contributed by atoms with Gasteiger partial charge in [-0.2, -0.15) is 0 Å². The second-order valence-electron chi connectivity index (χ2n) is 8.43. The average Bonchev–Trinajstić information content (AvgIpc) is 3.38. The molecule has 0 aliphatic heterocycles. The lowest BCUT2D eigenvalue weighted by molar-refractivity contribution is -0.119. The molecule has 1 amide bonds. The van der Waals surface area contributed by atoms with Gasteiger partial charge in [0.15, 0.2) is 11.0 Å². The van der Waals surface area contributed by atoms with Crippen molar-refractivity contribution in [2.75, 3.05) is 5.75 Å². The van der Waals surface area contributed by atoms with E-state index in [1.807, 2.05) is 120 Å². The Labute approximate surface area is 234 Å². The molecule has 5 aromatic rings. The largest absolute Gasteiger partial charge is 0.486 e. The summed E-state index contributed by atoms with van der Waals surface area (Å²) in [7, 11) is 0. The Bertz CT molecular complexity index is 1440. The molecule has 5 rings (SSSR count). The van der Waals surface area contributed by atoms with Crippen LogP contribution in [0.2, 0.25) is 0 Å². The first kappa shape index (κ1) is 25.8. The van der Waals surface area contributed by atoms with Crippen LogP contribution in [0.1, 0.15) is 23.0 Å². The number of benzene rings is 4. The van der Waals surface area contributed by atoms with Crippen LogP contribution in [-0.4, -0.2) is 26.4 Å². The fraction of sp³-hybridized carbons (Fsp3) is 0.100. The predicted octanol–water partition coefficient (Wildman–Crippen LogP) is 6.61. The van der Waals surface area contributed by atoms with Crippen molar-refractivity contribution in [3.05, 3.63) is 137 Å². The third kappa shape index (κ3) is 6.51. The van der Waals surface area contributed by atoms with Crippen LogP contribution in [0.4, 0.5) is 0 Å². The van der Waals surface area contributed by atoms with Gasteiger partial charge in [-0.15, -0.1) is 10.2 Å². The third-order valence-corrected chi connectivity index (χ3v) is 7.20. The van der Waals surface area contributed by atoms with Crippen LogP contribution in [0.15, 0.2) is 125 Å². The number of rotatable bonds is 10. The first-order valence-electron chi connectivity index (χ1n) is 12.1. The SMILES string of the molecule is O=C(CSc1nnc(COc2cccc(Br)c2)n1-c1ccccc1)NC(c1ccccc1)c1ccccc1. The zero-order chi connectivity index (χ0) is 26.2. The van der Waals surface area contributed by atoms with E-state index in [-0.39, 0.29) is 24.3 Å². The van der Waals surface area contributed by atoms with Crippen molar-refractivity contribution in [3.63, 3.8) is 0 Å².